The van der Waals surface area contributed by atoms with E-state index in [2.05, 4.69) is 23.6 Å². The zero-order chi connectivity index (χ0) is 15.7. The van der Waals surface area contributed by atoms with Gasteiger partial charge in [0.2, 0.25) is 0 Å². The Hall–Kier alpha value is -0.490. The fraction of sp³-hybridized carbons (Fsp3) is 0.938. The van der Waals surface area contributed by atoms with Gasteiger partial charge in [0.25, 0.3) is 0 Å². The second kappa shape index (κ2) is 10.3. The summed E-state index contributed by atoms with van der Waals surface area (Å²) in [6, 6.07) is 0. The highest BCUT2D eigenvalue weighted by Crippen LogP contribution is 2.02. The third-order valence-corrected chi connectivity index (χ3v) is 3.76. The van der Waals surface area contributed by atoms with Gasteiger partial charge in [-0.2, -0.15) is 0 Å². The van der Waals surface area contributed by atoms with Crippen molar-refractivity contribution in [3.8, 4) is 0 Å². The maximum absolute atomic E-state index is 11.4. The van der Waals surface area contributed by atoms with Gasteiger partial charge in [-0.25, -0.2) is 0 Å². The lowest BCUT2D eigenvalue weighted by molar-refractivity contribution is -0.126. The van der Waals surface area contributed by atoms with Crippen LogP contribution in [0.25, 0.3) is 0 Å². The number of nitrogens with zero attached hydrogens (tertiary/aromatic N) is 2. The number of ketones is 1. The van der Waals surface area contributed by atoms with Crippen molar-refractivity contribution in [2.45, 2.75) is 33.8 Å². The highest BCUT2D eigenvalue weighted by molar-refractivity contribution is 5.81. The van der Waals surface area contributed by atoms with Crippen molar-refractivity contribution in [3.05, 3.63) is 0 Å². The van der Waals surface area contributed by atoms with Gasteiger partial charge in [-0.05, 0) is 13.8 Å². The predicted octanol–water partition coefficient (Wildman–Crippen LogP) is 1.27. The summed E-state index contributed by atoms with van der Waals surface area (Å²) in [6.45, 7) is 15.9. The molecule has 5 nitrogen and oxygen atoms in total. The van der Waals surface area contributed by atoms with Gasteiger partial charge in [0.05, 0.1) is 19.3 Å². The molecule has 0 radical (unpaired) electrons. The van der Waals surface area contributed by atoms with Crippen molar-refractivity contribution in [1.29, 1.82) is 0 Å². The molecule has 1 fully saturated rings. The van der Waals surface area contributed by atoms with Crippen LogP contribution in [0.2, 0.25) is 0 Å². The van der Waals surface area contributed by atoms with Crippen molar-refractivity contribution in [2.75, 3.05) is 59.1 Å². The molecule has 5 heteroatoms. The summed E-state index contributed by atoms with van der Waals surface area (Å²) in [4.78, 5) is 16.3. The van der Waals surface area contributed by atoms with Crippen LogP contribution in [0.4, 0.5) is 0 Å². The van der Waals surface area contributed by atoms with E-state index in [9.17, 15) is 4.79 Å². The van der Waals surface area contributed by atoms with Crippen LogP contribution in [0.15, 0.2) is 0 Å². The van der Waals surface area contributed by atoms with Gasteiger partial charge in [0.15, 0.2) is 5.78 Å². The number of carbonyl (C=O) groups excluding carboxylic acids is 1. The minimum Gasteiger partial charge on any atom is -0.377 e. The number of ether oxygens (including phenoxy) is 2. The lowest BCUT2D eigenvalue weighted by Gasteiger charge is -2.34. The van der Waals surface area contributed by atoms with Crippen molar-refractivity contribution < 1.29 is 14.3 Å². The maximum atomic E-state index is 11.4. The number of piperazine rings is 1. The van der Waals surface area contributed by atoms with Crippen molar-refractivity contribution >= 4 is 5.78 Å². The SMILES string of the molecule is CC(C)OCCN1CCN(CCOCC(=O)C(C)C)CC1. The van der Waals surface area contributed by atoms with Gasteiger partial charge in [-0.1, -0.05) is 13.8 Å². The van der Waals surface area contributed by atoms with Crippen LogP contribution in [0.1, 0.15) is 27.7 Å². The first-order valence-corrected chi connectivity index (χ1v) is 8.15. The predicted molar refractivity (Wildman–Crippen MR) is 84.6 cm³/mol. The largest absolute Gasteiger partial charge is 0.377 e. The minimum atomic E-state index is 0.0709. The second-order valence-corrected chi connectivity index (χ2v) is 6.28. The van der Waals surface area contributed by atoms with E-state index in [0.717, 1.165) is 45.9 Å². The Balaban J connectivity index is 2.01. The lowest BCUT2D eigenvalue weighted by Crippen LogP contribution is -2.48. The molecule has 1 rings (SSSR count). The van der Waals surface area contributed by atoms with Crippen molar-refractivity contribution in [1.82, 2.24) is 9.80 Å². The monoisotopic (exact) mass is 300 g/mol. The fourth-order valence-corrected chi connectivity index (χ4v) is 2.19. The molecule has 1 saturated heterocycles. The Morgan fingerprint density at radius 1 is 0.952 bits per heavy atom. The molecular weight excluding hydrogens is 268 g/mol. The highest BCUT2D eigenvalue weighted by atomic mass is 16.5. The van der Waals surface area contributed by atoms with Gasteiger partial charge in [-0.15, -0.1) is 0 Å². The van der Waals surface area contributed by atoms with Crippen LogP contribution in [-0.4, -0.2) is 80.8 Å². The average molecular weight is 300 g/mol. The van der Waals surface area contributed by atoms with E-state index in [1.54, 1.807) is 0 Å². The van der Waals surface area contributed by atoms with E-state index in [-0.39, 0.29) is 18.3 Å². The van der Waals surface area contributed by atoms with Crippen molar-refractivity contribution in [3.63, 3.8) is 0 Å². The first kappa shape index (κ1) is 18.6. The number of carbonyl (C=O) groups is 1. The molecular formula is C16H32N2O3. The van der Waals surface area contributed by atoms with E-state index in [1.165, 1.54) is 0 Å². The van der Waals surface area contributed by atoms with Gasteiger partial charge >= 0.3 is 0 Å². The molecule has 0 aliphatic carbocycles. The smallest absolute Gasteiger partial charge is 0.160 e. The average Bonchev–Trinajstić information content (AvgIpc) is 2.44. The van der Waals surface area contributed by atoms with E-state index in [1.807, 2.05) is 13.8 Å². The third kappa shape index (κ3) is 8.51. The minimum absolute atomic E-state index is 0.0709. The van der Waals surface area contributed by atoms with Gasteiger partial charge in [0.1, 0.15) is 6.61 Å². The molecule has 0 aromatic carbocycles. The Labute approximate surface area is 129 Å². The van der Waals surface area contributed by atoms with Crippen LogP contribution < -0.4 is 0 Å². The molecule has 0 atom stereocenters. The molecule has 124 valence electrons. The number of hydrogen-bond acceptors (Lipinski definition) is 5. The van der Waals surface area contributed by atoms with Crippen LogP contribution in [0.3, 0.4) is 0 Å². The molecule has 0 amide bonds. The molecule has 0 unspecified atom stereocenters. The quantitative estimate of drug-likeness (QED) is 0.568. The molecule has 1 heterocycles. The van der Waals surface area contributed by atoms with Crippen molar-refractivity contribution in [2.24, 2.45) is 5.92 Å². The molecule has 0 saturated carbocycles. The van der Waals surface area contributed by atoms with Gasteiger partial charge in [-0.3, -0.25) is 14.6 Å². The molecule has 0 bridgehead atoms. The van der Waals surface area contributed by atoms with E-state index in [0.29, 0.717) is 12.7 Å². The molecule has 0 aromatic rings. The highest BCUT2D eigenvalue weighted by Gasteiger charge is 2.16. The molecule has 0 spiro atoms. The van der Waals surface area contributed by atoms with E-state index >= 15 is 0 Å². The zero-order valence-electron chi connectivity index (χ0n) is 14.1. The molecule has 0 N–H and O–H groups in total. The maximum Gasteiger partial charge on any atom is 0.160 e. The fourth-order valence-electron chi connectivity index (χ4n) is 2.19. The summed E-state index contributed by atoms with van der Waals surface area (Å²) < 4.78 is 11.0. The summed E-state index contributed by atoms with van der Waals surface area (Å²) in [6.07, 6.45) is 0.317. The first-order valence-electron chi connectivity index (χ1n) is 8.15. The first-order chi connectivity index (χ1) is 9.99. The normalized spacial score (nSPS) is 17.8. The Kier molecular flexibility index (Phi) is 9.08. The van der Waals surface area contributed by atoms with Crippen LogP contribution in [0.5, 0.6) is 0 Å². The number of rotatable bonds is 10. The van der Waals surface area contributed by atoms with Gasteiger partial charge in [0, 0.05) is 45.2 Å². The Bertz CT molecular complexity index is 287. The summed E-state index contributed by atoms with van der Waals surface area (Å²) in [5.41, 5.74) is 0. The zero-order valence-corrected chi connectivity index (χ0v) is 14.1. The van der Waals surface area contributed by atoms with Crippen LogP contribution in [0, 0.1) is 5.92 Å². The summed E-state index contributed by atoms with van der Waals surface area (Å²) in [5, 5.41) is 0. The van der Waals surface area contributed by atoms with E-state index < -0.39 is 0 Å². The Morgan fingerprint density at radius 3 is 1.95 bits per heavy atom. The summed E-state index contributed by atoms with van der Waals surface area (Å²) in [7, 11) is 0. The van der Waals surface area contributed by atoms with Crippen LogP contribution in [-0.2, 0) is 14.3 Å². The number of hydrogen-bond donors (Lipinski definition) is 0. The second-order valence-electron chi connectivity index (χ2n) is 6.28. The molecule has 21 heavy (non-hydrogen) atoms. The topological polar surface area (TPSA) is 42.0 Å². The standard InChI is InChI=1S/C16H32N2O3/c1-14(2)16(19)13-20-11-9-17-5-7-18(8-6-17)10-12-21-15(3)4/h14-15H,5-13H2,1-4H3. The number of Topliss-reactive ketones (excluding diaryl/α,β-unsaturated/α-hetero) is 1. The van der Waals surface area contributed by atoms with Crippen LogP contribution >= 0.6 is 0 Å². The molecule has 1 aliphatic heterocycles. The summed E-state index contributed by atoms with van der Waals surface area (Å²) >= 11 is 0. The summed E-state index contributed by atoms with van der Waals surface area (Å²) in [5.74, 6) is 0.256. The molecule has 0 aromatic heterocycles. The van der Waals surface area contributed by atoms with E-state index in [4.69, 9.17) is 9.47 Å². The van der Waals surface area contributed by atoms with Gasteiger partial charge < -0.3 is 9.47 Å². The molecule has 1 aliphatic rings. The lowest BCUT2D eigenvalue weighted by atomic mass is 10.1. The third-order valence-electron chi connectivity index (χ3n) is 3.76. The Morgan fingerprint density at radius 2 is 1.48 bits per heavy atom.